The summed E-state index contributed by atoms with van der Waals surface area (Å²) in [6.07, 6.45) is 0. The number of hydrogen-bond acceptors (Lipinski definition) is 4. The molecule has 0 spiro atoms. The van der Waals surface area contributed by atoms with Gasteiger partial charge in [0.1, 0.15) is 17.5 Å². The molecular formula is C18H17ClN4. The van der Waals surface area contributed by atoms with Crippen LogP contribution in [0.5, 0.6) is 0 Å². The van der Waals surface area contributed by atoms with Gasteiger partial charge < -0.3 is 10.6 Å². The van der Waals surface area contributed by atoms with E-state index in [2.05, 4.69) is 39.7 Å². The Morgan fingerprint density at radius 3 is 2.00 bits per heavy atom. The molecule has 3 aromatic rings. The number of aryl methyl sites for hydroxylation is 2. The molecule has 0 unspecified atom stereocenters. The molecule has 5 heteroatoms. The van der Waals surface area contributed by atoms with Crippen LogP contribution in [-0.4, -0.2) is 9.97 Å². The number of nitrogens with zero attached hydrogens (tertiary/aromatic N) is 2. The van der Waals surface area contributed by atoms with E-state index in [0.717, 1.165) is 23.0 Å². The Hall–Kier alpha value is -2.59. The Kier molecular flexibility index (Phi) is 4.44. The SMILES string of the molecule is Cc1cccc(Nc2cc(Nc3cccc(Cl)c3)nc(C)n2)c1. The maximum Gasteiger partial charge on any atom is 0.136 e. The highest BCUT2D eigenvalue weighted by Gasteiger charge is 2.04. The number of rotatable bonds is 4. The van der Waals surface area contributed by atoms with Crippen molar-refractivity contribution in [3.63, 3.8) is 0 Å². The van der Waals surface area contributed by atoms with Crippen molar-refractivity contribution in [2.75, 3.05) is 10.6 Å². The summed E-state index contributed by atoms with van der Waals surface area (Å²) in [6.45, 7) is 3.92. The molecule has 0 saturated carbocycles. The van der Waals surface area contributed by atoms with E-state index < -0.39 is 0 Å². The molecule has 1 heterocycles. The molecule has 0 aliphatic heterocycles. The normalized spacial score (nSPS) is 10.4. The lowest BCUT2D eigenvalue weighted by atomic mass is 10.2. The van der Waals surface area contributed by atoms with Crippen molar-refractivity contribution in [3.05, 3.63) is 71.0 Å². The molecule has 0 aliphatic carbocycles. The first kappa shape index (κ1) is 15.3. The molecule has 0 aliphatic rings. The summed E-state index contributed by atoms with van der Waals surface area (Å²) < 4.78 is 0. The highest BCUT2D eigenvalue weighted by Crippen LogP contribution is 2.22. The largest absolute Gasteiger partial charge is 0.340 e. The van der Waals surface area contributed by atoms with Crippen LogP contribution in [0.15, 0.2) is 54.6 Å². The quantitative estimate of drug-likeness (QED) is 0.689. The van der Waals surface area contributed by atoms with Gasteiger partial charge in [-0.25, -0.2) is 9.97 Å². The van der Waals surface area contributed by atoms with E-state index in [1.807, 2.05) is 49.4 Å². The predicted octanol–water partition coefficient (Wildman–Crippen LogP) is 5.23. The second-order valence-electron chi connectivity index (χ2n) is 5.32. The van der Waals surface area contributed by atoms with Crippen LogP contribution in [0, 0.1) is 13.8 Å². The summed E-state index contributed by atoms with van der Waals surface area (Å²) in [5, 5.41) is 7.23. The van der Waals surface area contributed by atoms with E-state index in [9.17, 15) is 0 Å². The van der Waals surface area contributed by atoms with E-state index in [4.69, 9.17) is 11.6 Å². The third-order valence-corrected chi connectivity index (χ3v) is 3.46. The average molecular weight is 325 g/mol. The van der Waals surface area contributed by atoms with Crippen LogP contribution >= 0.6 is 11.6 Å². The lowest BCUT2D eigenvalue weighted by Crippen LogP contribution is -2.01. The van der Waals surface area contributed by atoms with Crippen LogP contribution in [0.1, 0.15) is 11.4 Å². The van der Waals surface area contributed by atoms with Crippen LogP contribution < -0.4 is 10.6 Å². The van der Waals surface area contributed by atoms with Crippen molar-refractivity contribution < 1.29 is 0 Å². The minimum Gasteiger partial charge on any atom is -0.340 e. The van der Waals surface area contributed by atoms with Gasteiger partial charge in [0.25, 0.3) is 0 Å². The standard InChI is InChI=1S/C18H17ClN4/c1-12-5-3-7-15(9-12)22-17-11-18(21-13(2)20-17)23-16-8-4-6-14(19)10-16/h3-11H,1-2H3,(H2,20,21,22,23). The summed E-state index contributed by atoms with van der Waals surface area (Å²) in [5.41, 5.74) is 3.08. The predicted molar refractivity (Wildman–Crippen MR) is 96.0 cm³/mol. The van der Waals surface area contributed by atoms with E-state index >= 15 is 0 Å². The fourth-order valence-corrected chi connectivity index (χ4v) is 2.47. The monoisotopic (exact) mass is 324 g/mol. The Bertz CT molecular complexity index is 767. The highest BCUT2D eigenvalue weighted by atomic mass is 35.5. The third-order valence-electron chi connectivity index (χ3n) is 3.23. The van der Waals surface area contributed by atoms with Gasteiger partial charge in [0.2, 0.25) is 0 Å². The second kappa shape index (κ2) is 6.67. The number of benzene rings is 2. The fourth-order valence-electron chi connectivity index (χ4n) is 2.28. The Labute approximate surface area is 140 Å². The number of hydrogen-bond donors (Lipinski definition) is 2. The van der Waals surface area contributed by atoms with Gasteiger partial charge in [-0.1, -0.05) is 29.8 Å². The number of nitrogens with one attached hydrogen (secondary N) is 2. The molecule has 0 atom stereocenters. The van der Waals surface area contributed by atoms with Gasteiger partial charge in [0.15, 0.2) is 0 Å². The van der Waals surface area contributed by atoms with Gasteiger partial charge in [-0.3, -0.25) is 0 Å². The first-order valence-corrected chi connectivity index (χ1v) is 7.68. The van der Waals surface area contributed by atoms with Crippen molar-refractivity contribution in [1.82, 2.24) is 9.97 Å². The molecule has 0 bridgehead atoms. The number of aromatic nitrogens is 2. The minimum absolute atomic E-state index is 0.680. The summed E-state index contributed by atoms with van der Waals surface area (Å²) >= 11 is 6.01. The Balaban J connectivity index is 1.84. The molecule has 116 valence electrons. The molecule has 4 nitrogen and oxygen atoms in total. The molecule has 2 N–H and O–H groups in total. The molecule has 0 amide bonds. The van der Waals surface area contributed by atoms with E-state index in [1.54, 1.807) is 0 Å². The molecule has 1 aromatic heterocycles. The van der Waals surface area contributed by atoms with Crippen molar-refractivity contribution in [1.29, 1.82) is 0 Å². The van der Waals surface area contributed by atoms with Gasteiger partial charge in [-0.2, -0.15) is 0 Å². The first-order valence-electron chi connectivity index (χ1n) is 7.30. The molecule has 23 heavy (non-hydrogen) atoms. The van der Waals surface area contributed by atoms with Crippen molar-refractivity contribution in [2.45, 2.75) is 13.8 Å². The Morgan fingerprint density at radius 2 is 1.39 bits per heavy atom. The van der Waals surface area contributed by atoms with E-state index in [0.29, 0.717) is 10.8 Å². The molecule has 3 rings (SSSR count). The van der Waals surface area contributed by atoms with Crippen molar-refractivity contribution in [3.8, 4) is 0 Å². The highest BCUT2D eigenvalue weighted by molar-refractivity contribution is 6.30. The van der Waals surface area contributed by atoms with Crippen molar-refractivity contribution in [2.24, 2.45) is 0 Å². The lowest BCUT2D eigenvalue weighted by molar-refractivity contribution is 1.06. The van der Waals surface area contributed by atoms with Crippen molar-refractivity contribution >= 4 is 34.6 Å². The maximum absolute atomic E-state index is 6.01. The van der Waals surface area contributed by atoms with Gasteiger partial charge in [-0.15, -0.1) is 0 Å². The second-order valence-corrected chi connectivity index (χ2v) is 5.75. The lowest BCUT2D eigenvalue weighted by Gasteiger charge is -2.11. The summed E-state index contributed by atoms with van der Waals surface area (Å²) in [4.78, 5) is 8.84. The summed E-state index contributed by atoms with van der Waals surface area (Å²) in [7, 11) is 0. The van der Waals surface area contributed by atoms with Crippen LogP contribution in [0.4, 0.5) is 23.0 Å². The molecule has 2 aromatic carbocycles. The van der Waals surface area contributed by atoms with Gasteiger partial charge in [0, 0.05) is 22.5 Å². The van der Waals surface area contributed by atoms with Crippen LogP contribution in [0.2, 0.25) is 5.02 Å². The zero-order valence-electron chi connectivity index (χ0n) is 13.0. The molecule has 0 fully saturated rings. The molecular weight excluding hydrogens is 308 g/mol. The smallest absolute Gasteiger partial charge is 0.136 e. The number of halogens is 1. The minimum atomic E-state index is 0.680. The summed E-state index contributed by atoms with van der Waals surface area (Å²) in [6, 6.07) is 17.5. The van der Waals surface area contributed by atoms with Gasteiger partial charge >= 0.3 is 0 Å². The van der Waals surface area contributed by atoms with Crippen LogP contribution in [0.3, 0.4) is 0 Å². The zero-order valence-corrected chi connectivity index (χ0v) is 13.7. The van der Waals surface area contributed by atoms with E-state index in [-0.39, 0.29) is 0 Å². The number of anilines is 4. The van der Waals surface area contributed by atoms with E-state index in [1.165, 1.54) is 5.56 Å². The average Bonchev–Trinajstić information content (AvgIpc) is 2.46. The van der Waals surface area contributed by atoms with Crippen LogP contribution in [0.25, 0.3) is 0 Å². The summed E-state index contributed by atoms with van der Waals surface area (Å²) in [5.74, 6) is 2.15. The molecule has 0 saturated heterocycles. The molecule has 0 radical (unpaired) electrons. The van der Waals surface area contributed by atoms with Gasteiger partial charge in [-0.05, 0) is 49.7 Å². The third kappa shape index (κ3) is 4.20. The fraction of sp³-hybridized carbons (Fsp3) is 0.111. The zero-order chi connectivity index (χ0) is 16.2. The Morgan fingerprint density at radius 1 is 0.783 bits per heavy atom. The van der Waals surface area contributed by atoms with Crippen LogP contribution in [-0.2, 0) is 0 Å². The first-order chi connectivity index (χ1) is 11.1. The maximum atomic E-state index is 6.01. The van der Waals surface area contributed by atoms with Gasteiger partial charge in [0.05, 0.1) is 0 Å². The topological polar surface area (TPSA) is 49.8 Å².